The Morgan fingerprint density at radius 1 is 1.14 bits per heavy atom. The number of H-pyrrole nitrogens is 1. The van der Waals surface area contributed by atoms with Gasteiger partial charge in [0, 0.05) is 27.5 Å². The molecular formula is C17H16N4S. The number of nitrogens with zero attached hydrogens (tertiary/aromatic N) is 2. The topological polar surface area (TPSA) is 53.6 Å². The molecule has 2 N–H and O–H groups in total. The van der Waals surface area contributed by atoms with Crippen LogP contribution in [0, 0.1) is 20.8 Å². The first-order valence-corrected chi connectivity index (χ1v) is 8.06. The quantitative estimate of drug-likeness (QED) is 0.557. The predicted molar refractivity (Wildman–Crippen MR) is 93.2 cm³/mol. The van der Waals surface area contributed by atoms with Gasteiger partial charge in [0.15, 0.2) is 5.82 Å². The van der Waals surface area contributed by atoms with E-state index < -0.39 is 0 Å². The number of rotatable bonds is 2. The summed E-state index contributed by atoms with van der Waals surface area (Å²) in [4.78, 5) is 4.52. The van der Waals surface area contributed by atoms with Crippen LogP contribution in [0.4, 0.5) is 11.5 Å². The molecule has 5 heteroatoms. The molecule has 0 radical (unpaired) electrons. The van der Waals surface area contributed by atoms with E-state index in [1.807, 2.05) is 19.2 Å². The highest BCUT2D eigenvalue weighted by molar-refractivity contribution is 7.17. The molecule has 0 atom stereocenters. The summed E-state index contributed by atoms with van der Waals surface area (Å²) in [6.45, 7) is 6.23. The lowest BCUT2D eigenvalue weighted by Crippen LogP contribution is -1.94. The number of aromatic amines is 1. The van der Waals surface area contributed by atoms with Gasteiger partial charge in [0.2, 0.25) is 0 Å². The first kappa shape index (κ1) is 13.3. The molecule has 0 aliphatic rings. The minimum Gasteiger partial charge on any atom is -0.338 e. The molecule has 4 nitrogen and oxygen atoms in total. The Morgan fingerprint density at radius 2 is 2.00 bits per heavy atom. The summed E-state index contributed by atoms with van der Waals surface area (Å²) in [5.41, 5.74) is 5.56. The minimum absolute atomic E-state index is 0.868. The Labute approximate surface area is 132 Å². The zero-order valence-electron chi connectivity index (χ0n) is 12.7. The van der Waals surface area contributed by atoms with Crippen LogP contribution in [-0.2, 0) is 0 Å². The van der Waals surface area contributed by atoms with E-state index in [9.17, 15) is 0 Å². The van der Waals surface area contributed by atoms with Crippen LogP contribution < -0.4 is 5.32 Å². The predicted octanol–water partition coefficient (Wildman–Crippen LogP) is 4.84. The van der Waals surface area contributed by atoms with Gasteiger partial charge in [0.1, 0.15) is 0 Å². The van der Waals surface area contributed by atoms with Gasteiger partial charge in [-0.25, -0.2) is 0 Å². The first-order valence-electron chi connectivity index (χ1n) is 7.18. The molecule has 3 heterocycles. The van der Waals surface area contributed by atoms with Crippen molar-refractivity contribution in [1.82, 2.24) is 15.2 Å². The highest BCUT2D eigenvalue weighted by Crippen LogP contribution is 2.33. The van der Waals surface area contributed by atoms with Crippen LogP contribution in [0.5, 0.6) is 0 Å². The van der Waals surface area contributed by atoms with Gasteiger partial charge in [-0.05, 0) is 55.3 Å². The number of nitrogens with one attached hydrogen (secondary N) is 2. The summed E-state index contributed by atoms with van der Waals surface area (Å²) in [5, 5.41) is 15.4. The second kappa shape index (κ2) is 4.81. The van der Waals surface area contributed by atoms with Gasteiger partial charge < -0.3 is 5.32 Å². The molecule has 22 heavy (non-hydrogen) atoms. The van der Waals surface area contributed by atoms with Crippen molar-refractivity contribution in [2.24, 2.45) is 0 Å². The number of thiophene rings is 1. The van der Waals surface area contributed by atoms with Crippen molar-refractivity contribution in [3.63, 3.8) is 0 Å². The third-order valence-corrected chi connectivity index (χ3v) is 5.20. The molecule has 4 aromatic rings. The second-order valence-electron chi connectivity index (χ2n) is 5.59. The number of hydrogen-bond acceptors (Lipinski definition) is 4. The van der Waals surface area contributed by atoms with E-state index in [-0.39, 0.29) is 0 Å². The van der Waals surface area contributed by atoms with Crippen molar-refractivity contribution >= 4 is 43.8 Å². The van der Waals surface area contributed by atoms with E-state index in [0.717, 1.165) is 33.7 Å². The molecule has 0 amide bonds. The third kappa shape index (κ3) is 1.97. The lowest BCUT2D eigenvalue weighted by atomic mass is 10.1. The van der Waals surface area contributed by atoms with Gasteiger partial charge in [-0.1, -0.05) is 0 Å². The highest BCUT2D eigenvalue weighted by atomic mass is 32.1. The molecule has 0 spiro atoms. The van der Waals surface area contributed by atoms with Gasteiger partial charge in [-0.15, -0.1) is 11.3 Å². The Morgan fingerprint density at radius 3 is 2.77 bits per heavy atom. The summed E-state index contributed by atoms with van der Waals surface area (Å²) in [7, 11) is 0. The minimum atomic E-state index is 0.868. The molecule has 0 bridgehead atoms. The molecule has 0 fully saturated rings. The Kier molecular flexibility index (Phi) is 2.90. The van der Waals surface area contributed by atoms with Crippen LogP contribution in [0.15, 0.2) is 29.8 Å². The fraction of sp³-hybridized carbons (Fsp3) is 0.176. The summed E-state index contributed by atoms with van der Waals surface area (Å²) >= 11 is 1.77. The maximum atomic E-state index is 4.52. The second-order valence-corrected chi connectivity index (χ2v) is 6.50. The number of benzene rings is 1. The van der Waals surface area contributed by atoms with Crippen molar-refractivity contribution < 1.29 is 0 Å². The molecule has 0 saturated carbocycles. The summed E-state index contributed by atoms with van der Waals surface area (Å²) in [6, 6.07) is 6.38. The van der Waals surface area contributed by atoms with E-state index in [4.69, 9.17) is 0 Å². The Balaban J connectivity index is 1.90. The zero-order valence-corrected chi connectivity index (χ0v) is 13.5. The van der Waals surface area contributed by atoms with Gasteiger partial charge in [-0.2, -0.15) is 5.10 Å². The Hall–Kier alpha value is -2.40. The largest absolute Gasteiger partial charge is 0.338 e. The molecule has 1 aromatic carbocycles. The third-order valence-electron chi connectivity index (χ3n) is 4.14. The summed E-state index contributed by atoms with van der Waals surface area (Å²) in [6.07, 6.45) is 1.84. The number of pyridine rings is 1. The zero-order chi connectivity index (χ0) is 15.3. The van der Waals surface area contributed by atoms with Gasteiger partial charge in [0.25, 0.3) is 0 Å². The van der Waals surface area contributed by atoms with Gasteiger partial charge >= 0.3 is 0 Å². The number of fused-ring (bicyclic) bond motifs is 2. The molecule has 4 rings (SSSR count). The van der Waals surface area contributed by atoms with Crippen LogP contribution in [0.2, 0.25) is 0 Å². The first-order chi connectivity index (χ1) is 10.6. The number of hydrogen-bond donors (Lipinski definition) is 2. The van der Waals surface area contributed by atoms with Crippen LogP contribution >= 0.6 is 11.3 Å². The number of aryl methyl sites for hydroxylation is 2. The van der Waals surface area contributed by atoms with Crippen molar-refractivity contribution in [3.8, 4) is 0 Å². The van der Waals surface area contributed by atoms with E-state index in [1.165, 1.54) is 15.6 Å². The molecule has 0 unspecified atom stereocenters. The molecular weight excluding hydrogens is 292 g/mol. The van der Waals surface area contributed by atoms with Crippen molar-refractivity contribution in [2.45, 2.75) is 20.8 Å². The standard InChI is InChI=1S/C17H16N4S/c1-9-8-22-16-7-13-14(4-5-18-15(13)6-12(9)16)19-17-10(2)11(3)20-21-17/h4-8H,1-3H3,(H2,18,19,20,21). The highest BCUT2D eigenvalue weighted by Gasteiger charge is 2.10. The van der Waals surface area contributed by atoms with Crippen LogP contribution in [0.3, 0.4) is 0 Å². The molecule has 0 saturated heterocycles. The number of anilines is 2. The molecule has 3 aromatic heterocycles. The molecule has 110 valence electrons. The van der Waals surface area contributed by atoms with E-state index in [1.54, 1.807) is 11.3 Å². The van der Waals surface area contributed by atoms with Crippen LogP contribution in [0.1, 0.15) is 16.8 Å². The van der Waals surface area contributed by atoms with Crippen molar-refractivity contribution in [3.05, 3.63) is 46.6 Å². The van der Waals surface area contributed by atoms with Crippen molar-refractivity contribution in [2.75, 3.05) is 5.32 Å². The molecule has 0 aliphatic heterocycles. The number of aromatic nitrogens is 3. The van der Waals surface area contributed by atoms with Crippen LogP contribution in [0.25, 0.3) is 21.0 Å². The summed E-state index contributed by atoms with van der Waals surface area (Å²) < 4.78 is 1.29. The maximum Gasteiger partial charge on any atom is 0.155 e. The summed E-state index contributed by atoms with van der Waals surface area (Å²) in [5.74, 6) is 0.868. The Bertz CT molecular complexity index is 997. The maximum absolute atomic E-state index is 4.52. The fourth-order valence-corrected chi connectivity index (χ4v) is 3.60. The monoisotopic (exact) mass is 308 g/mol. The lowest BCUT2D eigenvalue weighted by molar-refractivity contribution is 1.05. The average Bonchev–Trinajstić information content (AvgIpc) is 3.03. The van der Waals surface area contributed by atoms with E-state index in [0.29, 0.717) is 0 Å². The van der Waals surface area contributed by atoms with Crippen LogP contribution in [-0.4, -0.2) is 15.2 Å². The van der Waals surface area contributed by atoms with E-state index >= 15 is 0 Å². The molecule has 0 aliphatic carbocycles. The smallest absolute Gasteiger partial charge is 0.155 e. The van der Waals surface area contributed by atoms with Crippen molar-refractivity contribution in [1.29, 1.82) is 0 Å². The lowest BCUT2D eigenvalue weighted by Gasteiger charge is -2.08. The van der Waals surface area contributed by atoms with Gasteiger partial charge in [0.05, 0.1) is 11.2 Å². The SMILES string of the molecule is Cc1[nH]nc(Nc2ccnc3cc4c(C)csc4cc23)c1C. The normalized spacial score (nSPS) is 11.4. The fourth-order valence-electron chi connectivity index (χ4n) is 2.64. The van der Waals surface area contributed by atoms with Gasteiger partial charge in [-0.3, -0.25) is 10.1 Å². The van der Waals surface area contributed by atoms with E-state index in [2.05, 4.69) is 51.9 Å². The average molecular weight is 308 g/mol.